The van der Waals surface area contributed by atoms with Crippen LogP contribution in [-0.4, -0.2) is 44.9 Å². The average molecular weight is 499 g/mol. The van der Waals surface area contributed by atoms with Crippen LogP contribution in [0.5, 0.6) is 5.75 Å². The van der Waals surface area contributed by atoms with Gasteiger partial charge in [0.05, 0.1) is 12.1 Å². The zero-order valence-corrected chi connectivity index (χ0v) is 20.5. The molecule has 1 saturated heterocycles. The van der Waals surface area contributed by atoms with E-state index in [0.717, 1.165) is 18.6 Å². The number of halogens is 2. The maximum absolute atomic E-state index is 12.9. The number of hydrogen-bond acceptors (Lipinski definition) is 4. The number of sulfonamides is 1. The summed E-state index contributed by atoms with van der Waals surface area (Å²) in [4.78, 5) is 12.7. The highest BCUT2D eigenvalue weighted by atomic mass is 35.5. The van der Waals surface area contributed by atoms with Gasteiger partial charge in [-0.25, -0.2) is 8.42 Å². The lowest BCUT2D eigenvalue weighted by atomic mass is 9.96. The van der Waals surface area contributed by atoms with Crippen molar-refractivity contribution in [3.05, 3.63) is 58.1 Å². The highest BCUT2D eigenvalue weighted by Crippen LogP contribution is 2.30. The molecule has 2 aromatic rings. The van der Waals surface area contributed by atoms with Crippen LogP contribution in [0.3, 0.4) is 0 Å². The number of nitrogens with zero attached hydrogens (tertiary/aromatic N) is 1. The SMILES string of the molecule is COc1ccc(CCC(C)NC(=O)C2CCN(S(=O)(=O)c3cc(Cl)ccc3Cl)CC2)cc1. The molecular formula is C23H28Cl2N2O4S. The van der Waals surface area contributed by atoms with Crippen molar-refractivity contribution in [3.63, 3.8) is 0 Å². The average Bonchev–Trinajstić information content (AvgIpc) is 2.79. The Morgan fingerprint density at radius 2 is 1.81 bits per heavy atom. The van der Waals surface area contributed by atoms with Crippen LogP contribution in [0, 0.1) is 5.92 Å². The molecule has 0 radical (unpaired) electrons. The van der Waals surface area contributed by atoms with E-state index >= 15 is 0 Å². The Morgan fingerprint density at radius 3 is 2.44 bits per heavy atom. The van der Waals surface area contributed by atoms with Crippen LogP contribution in [0.25, 0.3) is 0 Å². The summed E-state index contributed by atoms with van der Waals surface area (Å²) < 4.78 is 32.4. The van der Waals surface area contributed by atoms with E-state index in [0.29, 0.717) is 17.9 Å². The Balaban J connectivity index is 1.49. The van der Waals surface area contributed by atoms with Crippen LogP contribution in [0.15, 0.2) is 47.4 Å². The number of aryl methyl sites for hydroxylation is 1. The van der Waals surface area contributed by atoms with E-state index in [9.17, 15) is 13.2 Å². The molecule has 1 heterocycles. The molecule has 1 N–H and O–H groups in total. The molecule has 1 unspecified atom stereocenters. The molecule has 0 aliphatic carbocycles. The van der Waals surface area contributed by atoms with Gasteiger partial charge in [-0.2, -0.15) is 4.31 Å². The van der Waals surface area contributed by atoms with Crippen molar-refractivity contribution in [1.29, 1.82) is 0 Å². The number of carbonyl (C=O) groups excluding carboxylic acids is 1. The molecule has 1 atom stereocenters. The molecule has 1 fully saturated rings. The summed E-state index contributed by atoms with van der Waals surface area (Å²) in [5.74, 6) is 0.589. The lowest BCUT2D eigenvalue weighted by Crippen LogP contribution is -2.44. The van der Waals surface area contributed by atoms with Crippen LogP contribution < -0.4 is 10.1 Å². The number of methoxy groups -OCH3 is 1. The molecule has 0 aromatic heterocycles. The molecular weight excluding hydrogens is 471 g/mol. The van der Waals surface area contributed by atoms with Gasteiger partial charge in [0, 0.05) is 30.1 Å². The summed E-state index contributed by atoms with van der Waals surface area (Å²) in [5, 5.41) is 3.52. The van der Waals surface area contributed by atoms with Crippen molar-refractivity contribution in [2.24, 2.45) is 5.92 Å². The number of amides is 1. The van der Waals surface area contributed by atoms with E-state index in [1.807, 2.05) is 31.2 Å². The van der Waals surface area contributed by atoms with E-state index in [1.165, 1.54) is 22.0 Å². The van der Waals surface area contributed by atoms with Crippen LogP contribution in [0.2, 0.25) is 10.0 Å². The first-order valence-corrected chi connectivity index (χ1v) is 12.8. The summed E-state index contributed by atoms with van der Waals surface area (Å²) in [6, 6.07) is 12.3. The van der Waals surface area contributed by atoms with Gasteiger partial charge in [0.15, 0.2) is 0 Å². The van der Waals surface area contributed by atoms with Gasteiger partial charge >= 0.3 is 0 Å². The summed E-state index contributed by atoms with van der Waals surface area (Å²) in [6.07, 6.45) is 2.60. The maximum Gasteiger partial charge on any atom is 0.244 e. The zero-order chi connectivity index (χ0) is 23.3. The van der Waals surface area contributed by atoms with E-state index < -0.39 is 10.0 Å². The van der Waals surface area contributed by atoms with Crippen molar-refractivity contribution < 1.29 is 17.9 Å². The smallest absolute Gasteiger partial charge is 0.244 e. The highest BCUT2D eigenvalue weighted by molar-refractivity contribution is 7.89. The zero-order valence-electron chi connectivity index (χ0n) is 18.2. The second-order valence-corrected chi connectivity index (χ2v) is 10.8. The Kier molecular flexibility index (Phi) is 8.44. The minimum Gasteiger partial charge on any atom is -0.497 e. The second-order valence-electron chi connectivity index (χ2n) is 8.05. The maximum atomic E-state index is 12.9. The van der Waals surface area contributed by atoms with Crippen LogP contribution in [0.1, 0.15) is 31.7 Å². The summed E-state index contributed by atoms with van der Waals surface area (Å²) in [6.45, 7) is 2.52. The lowest BCUT2D eigenvalue weighted by molar-refractivity contribution is -0.126. The van der Waals surface area contributed by atoms with Gasteiger partial charge in [-0.15, -0.1) is 0 Å². The highest BCUT2D eigenvalue weighted by Gasteiger charge is 2.33. The molecule has 6 nitrogen and oxygen atoms in total. The standard InChI is InChI=1S/C23H28Cl2N2O4S/c1-16(3-4-17-5-8-20(31-2)9-6-17)26-23(28)18-11-13-27(14-12-18)32(29,30)22-15-19(24)7-10-21(22)25/h5-10,15-16,18H,3-4,11-14H2,1-2H3,(H,26,28). The van der Waals surface area contributed by atoms with Crippen molar-refractivity contribution in [2.75, 3.05) is 20.2 Å². The van der Waals surface area contributed by atoms with Gasteiger partial charge in [0.25, 0.3) is 0 Å². The lowest BCUT2D eigenvalue weighted by Gasteiger charge is -2.31. The van der Waals surface area contributed by atoms with E-state index in [2.05, 4.69) is 5.32 Å². The van der Waals surface area contributed by atoms with Gasteiger partial charge in [-0.3, -0.25) is 4.79 Å². The fourth-order valence-electron chi connectivity index (χ4n) is 3.78. The number of piperidine rings is 1. The second kappa shape index (κ2) is 10.9. The first-order chi connectivity index (χ1) is 15.2. The molecule has 1 amide bonds. The Morgan fingerprint density at radius 1 is 1.16 bits per heavy atom. The molecule has 174 valence electrons. The quantitative estimate of drug-likeness (QED) is 0.579. The normalized spacial score (nSPS) is 16.5. The molecule has 1 aliphatic heterocycles. The van der Waals surface area contributed by atoms with Crippen molar-refractivity contribution >= 4 is 39.1 Å². The van der Waals surface area contributed by atoms with Crippen molar-refractivity contribution in [3.8, 4) is 5.75 Å². The Hall–Kier alpha value is -1.80. The number of ether oxygens (including phenoxy) is 1. The first-order valence-electron chi connectivity index (χ1n) is 10.6. The molecule has 9 heteroatoms. The van der Waals surface area contributed by atoms with Gasteiger partial charge < -0.3 is 10.1 Å². The van der Waals surface area contributed by atoms with E-state index in [-0.39, 0.29) is 40.9 Å². The van der Waals surface area contributed by atoms with E-state index in [4.69, 9.17) is 27.9 Å². The molecule has 0 saturated carbocycles. The van der Waals surface area contributed by atoms with E-state index in [1.54, 1.807) is 13.2 Å². The summed E-state index contributed by atoms with van der Waals surface area (Å²) in [5.41, 5.74) is 1.19. The number of carbonyl (C=O) groups is 1. The molecule has 1 aliphatic rings. The Bertz CT molecular complexity index is 1040. The number of benzene rings is 2. The van der Waals surface area contributed by atoms with Gasteiger partial charge in [-0.1, -0.05) is 35.3 Å². The number of rotatable bonds is 8. The third-order valence-electron chi connectivity index (χ3n) is 5.75. The molecule has 0 spiro atoms. The van der Waals surface area contributed by atoms with Gasteiger partial charge in [0.1, 0.15) is 10.6 Å². The fraction of sp³-hybridized carbons (Fsp3) is 0.435. The predicted molar refractivity (Wildman–Crippen MR) is 127 cm³/mol. The third kappa shape index (κ3) is 6.16. The molecule has 32 heavy (non-hydrogen) atoms. The van der Waals surface area contributed by atoms with Crippen LogP contribution >= 0.6 is 23.2 Å². The van der Waals surface area contributed by atoms with Gasteiger partial charge in [0.2, 0.25) is 15.9 Å². The molecule has 3 rings (SSSR count). The molecule has 2 aromatic carbocycles. The predicted octanol–water partition coefficient (Wildman–Crippen LogP) is 4.54. The van der Waals surface area contributed by atoms with Crippen LogP contribution in [-0.2, 0) is 21.2 Å². The van der Waals surface area contributed by atoms with Gasteiger partial charge in [-0.05, 0) is 68.5 Å². The van der Waals surface area contributed by atoms with Crippen molar-refractivity contribution in [2.45, 2.75) is 43.5 Å². The topological polar surface area (TPSA) is 75.7 Å². The minimum atomic E-state index is -3.76. The summed E-state index contributed by atoms with van der Waals surface area (Å²) >= 11 is 12.0. The number of hydrogen-bond donors (Lipinski definition) is 1. The largest absolute Gasteiger partial charge is 0.497 e. The number of nitrogens with one attached hydrogen (secondary N) is 1. The summed E-state index contributed by atoms with van der Waals surface area (Å²) in [7, 11) is -2.12. The molecule has 0 bridgehead atoms. The fourth-order valence-corrected chi connectivity index (χ4v) is 5.99. The Labute approximate surface area is 199 Å². The monoisotopic (exact) mass is 498 g/mol. The third-order valence-corrected chi connectivity index (χ3v) is 8.36. The van der Waals surface area contributed by atoms with Crippen LogP contribution in [0.4, 0.5) is 0 Å². The first kappa shape index (κ1) is 24.8. The van der Waals surface area contributed by atoms with Crippen molar-refractivity contribution in [1.82, 2.24) is 9.62 Å². The minimum absolute atomic E-state index is 0.00159.